The van der Waals surface area contributed by atoms with E-state index in [2.05, 4.69) is 15.6 Å². The number of hydrogen-bond donors (Lipinski definition) is 4. The Morgan fingerprint density at radius 3 is 1.88 bits per heavy atom. The number of amides is 3. The van der Waals surface area contributed by atoms with E-state index < -0.39 is 12.0 Å². The lowest BCUT2D eigenvalue weighted by Crippen LogP contribution is -2.48. The van der Waals surface area contributed by atoms with E-state index >= 15 is 0 Å². The zero-order chi connectivity index (χ0) is 28.9. The fourth-order valence-corrected chi connectivity index (χ4v) is 4.23. The lowest BCUT2D eigenvalue weighted by Gasteiger charge is -2.23. The molecule has 0 spiro atoms. The van der Waals surface area contributed by atoms with Crippen molar-refractivity contribution >= 4 is 23.7 Å². The van der Waals surface area contributed by atoms with Crippen molar-refractivity contribution in [2.24, 2.45) is 16.5 Å². The standard InChI is InChI=1S/C31H38N6O3/c1-37(2)27(38)20-22-15-17-23(18-16-22)21-35-29(39)26(14-9-19-34-31(32)33)36-30(40)28(24-10-5-3-6-11-24)25-12-7-4-8-13-25/h3-8,10-13,15-18,26,28H,9,14,19-21H2,1-2H3,(H,35,39)(H,36,40)(H4,32,33,34)/t26-/m1/s1. The Hall–Kier alpha value is -4.66. The molecule has 6 N–H and O–H groups in total. The Balaban J connectivity index is 1.72. The molecule has 3 aromatic rings. The van der Waals surface area contributed by atoms with Crippen molar-refractivity contribution < 1.29 is 14.4 Å². The molecule has 9 heteroatoms. The highest BCUT2D eigenvalue weighted by Gasteiger charge is 2.27. The summed E-state index contributed by atoms with van der Waals surface area (Å²) in [6.07, 6.45) is 1.18. The molecule has 0 aromatic heterocycles. The number of aliphatic imine (C=N–C) groups is 1. The van der Waals surface area contributed by atoms with Gasteiger partial charge in [0.25, 0.3) is 0 Å². The second kappa shape index (κ2) is 15.1. The van der Waals surface area contributed by atoms with E-state index in [-0.39, 0.29) is 30.2 Å². The predicted octanol–water partition coefficient (Wildman–Crippen LogP) is 2.30. The smallest absolute Gasteiger partial charge is 0.242 e. The molecular formula is C31H38N6O3. The molecule has 3 aromatic carbocycles. The minimum Gasteiger partial charge on any atom is -0.370 e. The van der Waals surface area contributed by atoms with Gasteiger partial charge in [0.05, 0.1) is 12.3 Å². The summed E-state index contributed by atoms with van der Waals surface area (Å²) in [6.45, 7) is 0.623. The quantitative estimate of drug-likeness (QED) is 0.149. The molecule has 210 valence electrons. The molecule has 0 radical (unpaired) electrons. The number of likely N-dealkylation sites (N-methyl/N-ethyl adjacent to an activating group) is 1. The maximum atomic E-state index is 13.7. The molecule has 9 nitrogen and oxygen atoms in total. The van der Waals surface area contributed by atoms with Crippen molar-refractivity contribution in [2.75, 3.05) is 20.6 Å². The van der Waals surface area contributed by atoms with Gasteiger partial charge in [-0.2, -0.15) is 0 Å². The third-order valence-electron chi connectivity index (χ3n) is 6.45. The first-order chi connectivity index (χ1) is 19.2. The molecule has 0 bridgehead atoms. The number of carbonyl (C=O) groups excluding carboxylic acids is 3. The maximum absolute atomic E-state index is 13.7. The first-order valence-corrected chi connectivity index (χ1v) is 13.3. The van der Waals surface area contributed by atoms with Crippen LogP contribution in [0.3, 0.4) is 0 Å². The number of benzene rings is 3. The normalized spacial score (nSPS) is 11.4. The second-order valence-electron chi connectivity index (χ2n) is 9.76. The summed E-state index contributed by atoms with van der Waals surface area (Å²) in [7, 11) is 3.45. The van der Waals surface area contributed by atoms with Crippen LogP contribution >= 0.6 is 0 Å². The fraction of sp³-hybridized carbons (Fsp3) is 0.290. The lowest BCUT2D eigenvalue weighted by atomic mass is 9.90. The lowest BCUT2D eigenvalue weighted by molar-refractivity contribution is -0.129. The molecule has 0 heterocycles. The van der Waals surface area contributed by atoms with Gasteiger partial charge in [-0.3, -0.25) is 19.4 Å². The van der Waals surface area contributed by atoms with Crippen LogP contribution in [0.25, 0.3) is 0 Å². The first kappa shape index (κ1) is 29.9. The van der Waals surface area contributed by atoms with Crippen molar-refractivity contribution in [3.8, 4) is 0 Å². The fourth-order valence-electron chi connectivity index (χ4n) is 4.23. The van der Waals surface area contributed by atoms with E-state index in [9.17, 15) is 14.4 Å². The van der Waals surface area contributed by atoms with Gasteiger partial charge in [0, 0.05) is 27.2 Å². The van der Waals surface area contributed by atoms with Crippen LogP contribution in [0.2, 0.25) is 0 Å². The second-order valence-corrected chi connectivity index (χ2v) is 9.76. The molecule has 0 aliphatic carbocycles. The van der Waals surface area contributed by atoms with Crippen LogP contribution in [0.1, 0.15) is 41.0 Å². The molecular weight excluding hydrogens is 504 g/mol. The van der Waals surface area contributed by atoms with Crippen LogP contribution in [-0.2, 0) is 27.3 Å². The largest absolute Gasteiger partial charge is 0.370 e. The van der Waals surface area contributed by atoms with Crippen molar-refractivity contribution in [3.63, 3.8) is 0 Å². The highest BCUT2D eigenvalue weighted by atomic mass is 16.2. The Morgan fingerprint density at radius 2 is 1.35 bits per heavy atom. The summed E-state index contributed by atoms with van der Waals surface area (Å²) in [6, 6.07) is 25.7. The monoisotopic (exact) mass is 542 g/mol. The Morgan fingerprint density at radius 1 is 0.800 bits per heavy atom. The number of guanidine groups is 1. The number of hydrogen-bond acceptors (Lipinski definition) is 4. The van der Waals surface area contributed by atoms with Crippen LogP contribution in [0.4, 0.5) is 0 Å². The van der Waals surface area contributed by atoms with Gasteiger partial charge in [0.1, 0.15) is 6.04 Å². The zero-order valence-electron chi connectivity index (χ0n) is 23.0. The molecule has 0 fully saturated rings. The SMILES string of the molecule is CN(C)C(=O)Cc1ccc(CNC(=O)[C@@H](CCCN=C(N)N)NC(=O)C(c2ccccc2)c2ccccc2)cc1. The van der Waals surface area contributed by atoms with Crippen molar-refractivity contribution in [1.82, 2.24) is 15.5 Å². The predicted molar refractivity (Wildman–Crippen MR) is 157 cm³/mol. The van der Waals surface area contributed by atoms with Gasteiger partial charge in [-0.05, 0) is 35.1 Å². The van der Waals surface area contributed by atoms with E-state index in [1.807, 2.05) is 84.9 Å². The van der Waals surface area contributed by atoms with Gasteiger partial charge >= 0.3 is 0 Å². The van der Waals surface area contributed by atoms with Crippen LogP contribution < -0.4 is 22.1 Å². The van der Waals surface area contributed by atoms with E-state index in [1.54, 1.807) is 19.0 Å². The van der Waals surface area contributed by atoms with Crippen LogP contribution in [0.5, 0.6) is 0 Å². The van der Waals surface area contributed by atoms with Crippen LogP contribution in [0, 0.1) is 0 Å². The zero-order valence-corrected chi connectivity index (χ0v) is 23.0. The Kier molecular flexibility index (Phi) is 11.3. The number of carbonyl (C=O) groups is 3. The van der Waals surface area contributed by atoms with E-state index in [4.69, 9.17) is 11.5 Å². The molecule has 40 heavy (non-hydrogen) atoms. The van der Waals surface area contributed by atoms with E-state index in [1.165, 1.54) is 0 Å². The van der Waals surface area contributed by atoms with Gasteiger partial charge < -0.3 is 27.0 Å². The summed E-state index contributed by atoms with van der Waals surface area (Å²) in [5.74, 6) is -1.15. The van der Waals surface area contributed by atoms with Crippen molar-refractivity contribution in [2.45, 2.75) is 37.8 Å². The third-order valence-corrected chi connectivity index (χ3v) is 6.45. The molecule has 3 rings (SSSR count). The number of nitrogens with two attached hydrogens (primary N) is 2. The summed E-state index contributed by atoms with van der Waals surface area (Å²) in [5, 5.41) is 5.91. The minimum atomic E-state index is -0.784. The van der Waals surface area contributed by atoms with Crippen LogP contribution in [0.15, 0.2) is 89.9 Å². The van der Waals surface area contributed by atoms with Gasteiger partial charge in [-0.25, -0.2) is 0 Å². The highest BCUT2D eigenvalue weighted by molar-refractivity contribution is 5.92. The first-order valence-electron chi connectivity index (χ1n) is 13.3. The molecule has 1 atom stereocenters. The number of nitrogens with zero attached hydrogens (tertiary/aromatic N) is 2. The summed E-state index contributed by atoms with van der Waals surface area (Å²) >= 11 is 0. The summed E-state index contributed by atoms with van der Waals surface area (Å²) in [4.78, 5) is 44.5. The van der Waals surface area contributed by atoms with Gasteiger partial charge in [-0.15, -0.1) is 0 Å². The Bertz CT molecular complexity index is 1230. The van der Waals surface area contributed by atoms with Gasteiger partial charge in [-0.1, -0.05) is 84.9 Å². The van der Waals surface area contributed by atoms with E-state index in [0.717, 1.165) is 22.3 Å². The van der Waals surface area contributed by atoms with Crippen molar-refractivity contribution in [1.29, 1.82) is 0 Å². The topological polar surface area (TPSA) is 143 Å². The van der Waals surface area contributed by atoms with Gasteiger partial charge in [0.15, 0.2) is 5.96 Å². The van der Waals surface area contributed by atoms with E-state index in [0.29, 0.717) is 25.8 Å². The molecule has 3 amide bonds. The average Bonchev–Trinajstić information content (AvgIpc) is 2.95. The maximum Gasteiger partial charge on any atom is 0.242 e. The molecule has 0 saturated carbocycles. The molecule has 0 saturated heterocycles. The number of rotatable bonds is 13. The number of nitrogens with one attached hydrogen (secondary N) is 2. The van der Waals surface area contributed by atoms with Crippen molar-refractivity contribution in [3.05, 3.63) is 107 Å². The highest BCUT2D eigenvalue weighted by Crippen LogP contribution is 2.25. The minimum absolute atomic E-state index is 0.0182. The van der Waals surface area contributed by atoms with Gasteiger partial charge in [0.2, 0.25) is 17.7 Å². The summed E-state index contributed by atoms with van der Waals surface area (Å²) in [5.41, 5.74) is 14.3. The Labute approximate surface area is 235 Å². The molecule has 0 unspecified atom stereocenters. The average molecular weight is 543 g/mol. The van der Waals surface area contributed by atoms with Crippen LogP contribution in [-0.4, -0.2) is 55.3 Å². The molecule has 0 aliphatic heterocycles. The third kappa shape index (κ3) is 9.27. The molecule has 0 aliphatic rings. The summed E-state index contributed by atoms with van der Waals surface area (Å²) < 4.78 is 0.